The van der Waals surface area contributed by atoms with E-state index in [0.717, 1.165) is 22.5 Å². The summed E-state index contributed by atoms with van der Waals surface area (Å²) in [5.74, 6) is 0.189. The maximum Gasteiger partial charge on any atom is 0.255 e. The zero-order valence-corrected chi connectivity index (χ0v) is 16.6. The third-order valence-electron chi connectivity index (χ3n) is 4.54. The molecule has 4 aromatic rings. The van der Waals surface area contributed by atoms with Crippen LogP contribution in [0.1, 0.15) is 21.5 Å². The van der Waals surface area contributed by atoms with E-state index in [4.69, 9.17) is 4.74 Å². The minimum atomic E-state index is -0.481. The van der Waals surface area contributed by atoms with E-state index in [9.17, 15) is 9.18 Å². The maximum absolute atomic E-state index is 13.9. The van der Waals surface area contributed by atoms with E-state index in [1.807, 2.05) is 32.2 Å². The Labute approximate surface area is 173 Å². The number of anilines is 1. The summed E-state index contributed by atoms with van der Waals surface area (Å²) in [6.45, 7) is 3.83. The highest BCUT2D eigenvalue weighted by molar-refractivity contribution is 6.04. The van der Waals surface area contributed by atoms with Crippen LogP contribution in [0.2, 0.25) is 0 Å². The minimum Gasteiger partial charge on any atom is -0.457 e. The number of aromatic nitrogens is 2. The number of pyridine rings is 1. The number of rotatable bonds is 5. The van der Waals surface area contributed by atoms with Crippen LogP contribution in [-0.2, 0) is 0 Å². The van der Waals surface area contributed by atoms with Crippen molar-refractivity contribution in [3.8, 4) is 22.9 Å². The van der Waals surface area contributed by atoms with E-state index in [1.54, 1.807) is 48.7 Å². The first-order valence-corrected chi connectivity index (χ1v) is 9.45. The summed E-state index contributed by atoms with van der Waals surface area (Å²) in [5, 5.41) is 2.61. The fourth-order valence-corrected chi connectivity index (χ4v) is 3.04. The van der Waals surface area contributed by atoms with Crippen molar-refractivity contribution >= 4 is 11.6 Å². The van der Waals surface area contributed by atoms with Crippen molar-refractivity contribution in [2.75, 3.05) is 5.32 Å². The van der Waals surface area contributed by atoms with Gasteiger partial charge in [0.25, 0.3) is 5.91 Å². The molecule has 150 valence electrons. The van der Waals surface area contributed by atoms with Crippen LogP contribution in [0.5, 0.6) is 11.5 Å². The number of nitrogens with one attached hydrogen (secondary N) is 2. The largest absolute Gasteiger partial charge is 0.457 e. The fourth-order valence-electron chi connectivity index (χ4n) is 3.04. The molecule has 5 nitrogen and oxygen atoms in total. The summed E-state index contributed by atoms with van der Waals surface area (Å²) in [5.41, 5.74) is 4.13. The summed E-state index contributed by atoms with van der Waals surface area (Å²) in [4.78, 5) is 20.1. The Morgan fingerprint density at radius 2 is 1.83 bits per heavy atom. The third kappa shape index (κ3) is 4.38. The van der Waals surface area contributed by atoms with Crippen LogP contribution in [0.3, 0.4) is 0 Å². The molecule has 2 heterocycles. The second-order valence-corrected chi connectivity index (χ2v) is 7.03. The summed E-state index contributed by atoms with van der Waals surface area (Å²) >= 11 is 0. The number of benzene rings is 2. The number of hydrogen-bond acceptors (Lipinski definition) is 3. The molecule has 0 bridgehead atoms. The Balaban J connectivity index is 1.52. The average Bonchev–Trinajstić information content (AvgIpc) is 3.17. The molecule has 30 heavy (non-hydrogen) atoms. The van der Waals surface area contributed by atoms with Gasteiger partial charge in [0, 0.05) is 24.0 Å². The van der Waals surface area contributed by atoms with Gasteiger partial charge in [0.2, 0.25) is 0 Å². The smallest absolute Gasteiger partial charge is 0.255 e. The second-order valence-electron chi connectivity index (χ2n) is 7.03. The molecule has 4 rings (SSSR count). The first kappa shape index (κ1) is 19.4. The summed E-state index contributed by atoms with van der Waals surface area (Å²) in [6.07, 6.45) is 3.57. The number of carbonyl (C=O) groups excluding carboxylic acids is 1. The predicted octanol–water partition coefficient (Wildman–Crippen LogP) is 5.88. The topological polar surface area (TPSA) is 67.0 Å². The van der Waals surface area contributed by atoms with Crippen molar-refractivity contribution in [3.63, 3.8) is 0 Å². The fraction of sp³-hybridized carbons (Fsp3) is 0.0833. The van der Waals surface area contributed by atoms with Crippen molar-refractivity contribution < 1.29 is 13.9 Å². The number of amides is 1. The molecule has 2 N–H and O–H groups in total. The molecule has 2 aromatic heterocycles. The minimum absolute atomic E-state index is 0.145. The number of aromatic amines is 1. The highest BCUT2D eigenvalue weighted by atomic mass is 19.1. The molecule has 6 heteroatoms. The molecular formula is C24H20FN3O2. The number of H-pyrrole nitrogens is 1. The zero-order valence-electron chi connectivity index (χ0n) is 16.6. The molecule has 0 aliphatic rings. The van der Waals surface area contributed by atoms with E-state index >= 15 is 0 Å². The Morgan fingerprint density at radius 3 is 2.63 bits per heavy atom. The van der Waals surface area contributed by atoms with Crippen LogP contribution in [0.25, 0.3) is 11.4 Å². The van der Waals surface area contributed by atoms with Gasteiger partial charge >= 0.3 is 0 Å². The highest BCUT2D eigenvalue weighted by Gasteiger charge is 2.11. The number of halogens is 1. The van der Waals surface area contributed by atoms with Crippen LogP contribution in [0.4, 0.5) is 10.1 Å². The zero-order chi connectivity index (χ0) is 21.1. The van der Waals surface area contributed by atoms with Crippen LogP contribution in [0.15, 0.2) is 73.1 Å². The lowest BCUT2D eigenvalue weighted by molar-refractivity contribution is 0.102. The van der Waals surface area contributed by atoms with Gasteiger partial charge in [-0.15, -0.1) is 0 Å². The van der Waals surface area contributed by atoms with E-state index in [-0.39, 0.29) is 5.69 Å². The van der Waals surface area contributed by atoms with Crippen molar-refractivity contribution in [1.82, 2.24) is 9.97 Å². The van der Waals surface area contributed by atoms with E-state index in [1.165, 1.54) is 6.07 Å². The quantitative estimate of drug-likeness (QED) is 0.439. The lowest BCUT2D eigenvalue weighted by atomic mass is 10.1. The van der Waals surface area contributed by atoms with Crippen molar-refractivity contribution in [1.29, 1.82) is 0 Å². The van der Waals surface area contributed by atoms with Crippen LogP contribution >= 0.6 is 0 Å². The lowest BCUT2D eigenvalue weighted by Gasteiger charge is -2.10. The Kier molecular flexibility index (Phi) is 5.30. The monoisotopic (exact) mass is 401 g/mol. The molecule has 0 atom stereocenters. The van der Waals surface area contributed by atoms with Gasteiger partial charge in [-0.05, 0) is 67.4 Å². The van der Waals surface area contributed by atoms with E-state index < -0.39 is 11.7 Å². The standard InChI is InChI=1S/C24H20FN3O2/c1-15-6-7-20(25)21(10-15)28-24(29)17-4-3-5-18(12-17)30-19-8-9-26-23(13-19)22-11-16(2)14-27-22/h3-14,27H,1-2H3,(H,28,29). The van der Waals surface area contributed by atoms with Crippen LogP contribution in [0, 0.1) is 19.7 Å². The van der Waals surface area contributed by atoms with Gasteiger partial charge in [0.1, 0.15) is 17.3 Å². The normalized spacial score (nSPS) is 10.6. The Hall–Kier alpha value is -3.93. The molecule has 1 amide bonds. The van der Waals surface area contributed by atoms with Gasteiger partial charge in [-0.1, -0.05) is 12.1 Å². The summed E-state index contributed by atoms with van der Waals surface area (Å²) < 4.78 is 19.9. The third-order valence-corrected chi connectivity index (χ3v) is 4.54. The Bertz CT molecular complexity index is 1220. The summed E-state index contributed by atoms with van der Waals surface area (Å²) in [6, 6.07) is 16.9. The van der Waals surface area contributed by atoms with Crippen molar-refractivity contribution in [3.05, 3.63) is 95.6 Å². The van der Waals surface area contributed by atoms with Gasteiger partial charge in [0.15, 0.2) is 0 Å². The number of aryl methyl sites for hydroxylation is 2. The number of hydrogen-bond donors (Lipinski definition) is 2. The maximum atomic E-state index is 13.9. The molecule has 0 unspecified atom stereocenters. The number of ether oxygens (including phenoxy) is 1. The average molecular weight is 401 g/mol. The van der Waals surface area contributed by atoms with Crippen molar-refractivity contribution in [2.24, 2.45) is 0 Å². The molecule has 0 aliphatic carbocycles. The Morgan fingerprint density at radius 1 is 1.00 bits per heavy atom. The SMILES string of the molecule is Cc1c[nH]c(-c2cc(Oc3cccc(C(=O)Nc4cc(C)ccc4F)c3)ccn2)c1. The molecule has 2 aromatic carbocycles. The lowest BCUT2D eigenvalue weighted by Crippen LogP contribution is -2.13. The molecule has 0 aliphatic heterocycles. The molecule has 0 fully saturated rings. The van der Waals surface area contributed by atoms with Gasteiger partial charge in [0.05, 0.1) is 17.1 Å². The molecule has 0 radical (unpaired) electrons. The predicted molar refractivity (Wildman–Crippen MR) is 114 cm³/mol. The number of carbonyl (C=O) groups is 1. The first-order valence-electron chi connectivity index (χ1n) is 9.45. The van der Waals surface area contributed by atoms with Gasteiger partial charge in [-0.3, -0.25) is 9.78 Å². The first-order chi connectivity index (χ1) is 14.5. The molecule has 0 saturated carbocycles. The second kappa shape index (κ2) is 8.21. The van der Waals surface area contributed by atoms with Crippen LogP contribution in [-0.4, -0.2) is 15.9 Å². The van der Waals surface area contributed by atoms with Gasteiger partial charge in [-0.25, -0.2) is 4.39 Å². The molecular weight excluding hydrogens is 381 g/mol. The van der Waals surface area contributed by atoms with Crippen molar-refractivity contribution in [2.45, 2.75) is 13.8 Å². The van der Waals surface area contributed by atoms with Gasteiger partial charge < -0.3 is 15.0 Å². The number of nitrogens with zero attached hydrogens (tertiary/aromatic N) is 1. The van der Waals surface area contributed by atoms with Crippen LogP contribution < -0.4 is 10.1 Å². The van der Waals surface area contributed by atoms with E-state index in [2.05, 4.69) is 15.3 Å². The molecule has 0 spiro atoms. The van der Waals surface area contributed by atoms with Gasteiger partial charge in [-0.2, -0.15) is 0 Å². The summed E-state index contributed by atoms with van der Waals surface area (Å²) in [7, 11) is 0. The van der Waals surface area contributed by atoms with E-state index in [0.29, 0.717) is 17.1 Å². The highest BCUT2D eigenvalue weighted by Crippen LogP contribution is 2.26. The molecule has 0 saturated heterocycles.